The first-order chi connectivity index (χ1) is 4.74. The van der Waals surface area contributed by atoms with Gasteiger partial charge < -0.3 is 0 Å². The lowest BCUT2D eigenvalue weighted by Gasteiger charge is -1.93. The molecular weight excluding hydrogens is 155 g/mol. The van der Waals surface area contributed by atoms with Gasteiger partial charge in [-0.15, -0.1) is 11.8 Å². The molecule has 0 aliphatic heterocycles. The first kappa shape index (κ1) is 7.27. The summed E-state index contributed by atoms with van der Waals surface area (Å²) in [5.41, 5.74) is -0.522. The molecule has 0 aliphatic rings. The Balaban J connectivity index is 3.22. The molecule has 0 fully saturated rings. The molecule has 0 amide bonds. The molecule has 0 atom stereocenters. The quantitative estimate of drug-likeness (QED) is 0.484. The van der Waals surface area contributed by atoms with Crippen molar-refractivity contribution in [2.45, 2.75) is 5.03 Å². The number of nitrogens with zero attached hydrogens (tertiary/aromatic N) is 1. The Bertz CT molecular complexity index is 285. The molecule has 5 heteroatoms. The molecule has 0 saturated carbocycles. The van der Waals surface area contributed by atoms with Gasteiger partial charge in [-0.1, -0.05) is 0 Å². The Hall–Kier alpha value is -0.840. The van der Waals surface area contributed by atoms with E-state index in [0.29, 0.717) is 0 Å². The summed E-state index contributed by atoms with van der Waals surface area (Å²) in [5, 5.41) is 0.222. The predicted octanol–water partition coefficient (Wildman–Crippen LogP) is 0.631. The molecule has 0 unspecified atom stereocenters. The molecule has 0 bridgehead atoms. The molecule has 1 rings (SSSR count). The van der Waals surface area contributed by atoms with Crippen LogP contribution in [-0.2, 0) is 0 Å². The molecule has 54 valence electrons. The summed E-state index contributed by atoms with van der Waals surface area (Å²) in [6, 6.07) is 0. The third-order valence-electron chi connectivity index (χ3n) is 0.937. The average molecular weight is 160 g/mol. The summed E-state index contributed by atoms with van der Waals surface area (Å²) in [7, 11) is 0. The van der Waals surface area contributed by atoms with Crippen LogP contribution in [0.5, 0.6) is 0 Å². The minimum absolute atomic E-state index is 0.222. The van der Waals surface area contributed by atoms with E-state index in [0.717, 1.165) is 18.0 Å². The highest BCUT2D eigenvalue weighted by molar-refractivity contribution is 7.98. The first-order valence-corrected chi connectivity index (χ1v) is 3.75. The monoisotopic (exact) mass is 160 g/mol. The van der Waals surface area contributed by atoms with E-state index in [4.69, 9.17) is 0 Å². The summed E-state index contributed by atoms with van der Waals surface area (Å²) in [6.07, 6.45) is 2.58. The maximum atomic E-state index is 12.5. The molecule has 1 heterocycles. The maximum Gasteiger partial charge on any atom is 0.345 e. The van der Waals surface area contributed by atoms with Crippen LogP contribution in [0.2, 0.25) is 0 Å². The van der Waals surface area contributed by atoms with Gasteiger partial charge >= 0.3 is 5.69 Å². The summed E-state index contributed by atoms with van der Waals surface area (Å²) >= 11 is 1.14. The second-order valence-corrected chi connectivity index (χ2v) is 2.39. The van der Waals surface area contributed by atoms with Crippen molar-refractivity contribution in [2.24, 2.45) is 0 Å². The maximum absolute atomic E-state index is 12.5. The van der Waals surface area contributed by atoms with E-state index < -0.39 is 11.5 Å². The molecular formula is C5H5FN2OS. The van der Waals surface area contributed by atoms with Gasteiger partial charge in [-0.25, -0.2) is 9.18 Å². The van der Waals surface area contributed by atoms with Crippen molar-refractivity contribution in [3.63, 3.8) is 0 Å². The summed E-state index contributed by atoms with van der Waals surface area (Å²) in [5.74, 6) is -0.493. The molecule has 0 radical (unpaired) electrons. The normalized spacial score (nSPS) is 9.80. The summed E-state index contributed by atoms with van der Waals surface area (Å²) in [6.45, 7) is 0. The smallest absolute Gasteiger partial charge is 0.298 e. The highest BCUT2D eigenvalue weighted by Crippen LogP contribution is 2.11. The number of thioether (sulfide) groups is 1. The van der Waals surface area contributed by atoms with Crippen LogP contribution in [0.25, 0.3) is 0 Å². The minimum Gasteiger partial charge on any atom is -0.298 e. The molecule has 1 aromatic rings. The van der Waals surface area contributed by atoms with E-state index in [1.54, 1.807) is 6.26 Å². The third kappa shape index (κ3) is 1.36. The Morgan fingerprint density at radius 3 is 3.00 bits per heavy atom. The second kappa shape index (κ2) is 2.83. The standard InChI is InChI=1S/C5H5FN2OS/c1-10-4-3(6)2-7-5(9)8-4/h2H,1H3,(H,7,8,9). The molecule has 0 spiro atoms. The molecule has 0 aliphatic carbocycles. The van der Waals surface area contributed by atoms with E-state index in [2.05, 4.69) is 9.97 Å². The summed E-state index contributed by atoms with van der Waals surface area (Å²) in [4.78, 5) is 15.9. The van der Waals surface area contributed by atoms with Gasteiger partial charge in [0, 0.05) is 0 Å². The number of H-pyrrole nitrogens is 1. The number of halogens is 1. The molecule has 1 N–H and O–H groups in total. The van der Waals surface area contributed by atoms with Crippen LogP contribution in [-0.4, -0.2) is 16.2 Å². The minimum atomic E-state index is -0.522. The number of rotatable bonds is 1. The number of aromatic nitrogens is 2. The van der Waals surface area contributed by atoms with Crippen molar-refractivity contribution in [1.82, 2.24) is 9.97 Å². The van der Waals surface area contributed by atoms with Crippen molar-refractivity contribution in [3.05, 3.63) is 22.5 Å². The molecule has 0 aromatic carbocycles. The fourth-order valence-electron chi connectivity index (χ4n) is 0.512. The van der Waals surface area contributed by atoms with Crippen molar-refractivity contribution in [2.75, 3.05) is 6.26 Å². The third-order valence-corrected chi connectivity index (χ3v) is 1.64. The van der Waals surface area contributed by atoms with Crippen molar-refractivity contribution >= 4 is 11.8 Å². The Morgan fingerprint density at radius 1 is 1.80 bits per heavy atom. The van der Waals surface area contributed by atoms with Gasteiger partial charge in [0.05, 0.1) is 6.20 Å². The van der Waals surface area contributed by atoms with Crippen LogP contribution in [0.3, 0.4) is 0 Å². The number of nitrogens with one attached hydrogen (secondary N) is 1. The van der Waals surface area contributed by atoms with Gasteiger partial charge in [0.15, 0.2) is 5.82 Å². The number of hydrogen-bond donors (Lipinski definition) is 1. The molecule has 10 heavy (non-hydrogen) atoms. The highest BCUT2D eigenvalue weighted by atomic mass is 32.2. The molecule has 3 nitrogen and oxygen atoms in total. The number of aromatic amines is 1. The Morgan fingerprint density at radius 2 is 2.50 bits per heavy atom. The first-order valence-electron chi connectivity index (χ1n) is 2.53. The topological polar surface area (TPSA) is 45.8 Å². The van der Waals surface area contributed by atoms with Gasteiger partial charge in [-0.2, -0.15) is 4.98 Å². The number of hydrogen-bond acceptors (Lipinski definition) is 3. The zero-order valence-corrected chi connectivity index (χ0v) is 6.04. The SMILES string of the molecule is CSc1[nH]c(=O)ncc1F. The molecule has 1 aromatic heterocycles. The van der Waals surface area contributed by atoms with Crippen LogP contribution in [0.4, 0.5) is 4.39 Å². The van der Waals surface area contributed by atoms with Gasteiger partial charge in [-0.05, 0) is 6.26 Å². The predicted molar refractivity (Wildman–Crippen MR) is 36.6 cm³/mol. The zero-order chi connectivity index (χ0) is 7.56. The second-order valence-electron chi connectivity index (χ2n) is 1.57. The van der Waals surface area contributed by atoms with Crippen LogP contribution >= 0.6 is 11.8 Å². The van der Waals surface area contributed by atoms with Gasteiger partial charge in [-0.3, -0.25) is 4.98 Å². The largest absolute Gasteiger partial charge is 0.345 e. The van der Waals surface area contributed by atoms with Gasteiger partial charge in [0.2, 0.25) is 0 Å². The van der Waals surface area contributed by atoms with Crippen LogP contribution in [0, 0.1) is 5.82 Å². The van der Waals surface area contributed by atoms with E-state index in [1.807, 2.05) is 0 Å². The Labute approximate surface area is 60.7 Å². The van der Waals surface area contributed by atoms with Crippen molar-refractivity contribution in [3.8, 4) is 0 Å². The van der Waals surface area contributed by atoms with E-state index in [1.165, 1.54) is 0 Å². The summed E-state index contributed by atoms with van der Waals surface area (Å²) < 4.78 is 12.5. The highest BCUT2D eigenvalue weighted by Gasteiger charge is 1.99. The van der Waals surface area contributed by atoms with E-state index >= 15 is 0 Å². The lowest BCUT2D eigenvalue weighted by atomic mass is 10.6. The lowest BCUT2D eigenvalue weighted by Crippen LogP contribution is -2.10. The van der Waals surface area contributed by atoms with Crippen LogP contribution in [0.1, 0.15) is 0 Å². The van der Waals surface area contributed by atoms with Crippen molar-refractivity contribution in [1.29, 1.82) is 0 Å². The van der Waals surface area contributed by atoms with Crippen molar-refractivity contribution < 1.29 is 4.39 Å². The van der Waals surface area contributed by atoms with Gasteiger partial charge in [0.25, 0.3) is 0 Å². The lowest BCUT2D eigenvalue weighted by molar-refractivity contribution is 0.575. The average Bonchev–Trinajstić information content (AvgIpc) is 1.94. The van der Waals surface area contributed by atoms with Crippen LogP contribution in [0.15, 0.2) is 16.0 Å². The van der Waals surface area contributed by atoms with Crippen LogP contribution < -0.4 is 5.69 Å². The van der Waals surface area contributed by atoms with Gasteiger partial charge in [0.1, 0.15) is 5.03 Å². The zero-order valence-electron chi connectivity index (χ0n) is 5.22. The fraction of sp³-hybridized carbons (Fsp3) is 0.200. The Kier molecular flexibility index (Phi) is 2.06. The van der Waals surface area contributed by atoms with E-state index in [-0.39, 0.29) is 5.03 Å². The van der Waals surface area contributed by atoms with E-state index in [9.17, 15) is 9.18 Å². The fourth-order valence-corrected chi connectivity index (χ4v) is 0.949. The molecule has 0 saturated heterocycles.